The first-order valence-corrected chi connectivity index (χ1v) is 9.29. The zero-order chi connectivity index (χ0) is 16.4. The minimum Gasteiger partial charge on any atom is -1.00 e. The number of rotatable bonds is 1. The Morgan fingerprint density at radius 1 is 1.04 bits per heavy atom. The van der Waals surface area contributed by atoms with Gasteiger partial charge in [-0.3, -0.25) is 0 Å². The fourth-order valence-electron chi connectivity index (χ4n) is 3.35. The zero-order valence-electron chi connectivity index (χ0n) is 14.7. The number of hydrogen-bond acceptors (Lipinski definition) is 0. The second-order valence-corrected chi connectivity index (χ2v) is 8.85. The third-order valence-electron chi connectivity index (χ3n) is 4.18. The molecule has 0 bridgehead atoms. The van der Waals surface area contributed by atoms with Gasteiger partial charge in [-0.25, -0.2) is 0 Å². The van der Waals surface area contributed by atoms with Crippen LogP contribution in [0.15, 0.2) is 65.8 Å². The maximum atomic E-state index is 3.47. The smallest absolute Gasteiger partial charge is 1.00 e. The van der Waals surface area contributed by atoms with Crippen molar-refractivity contribution in [3.63, 3.8) is 0 Å². The number of benzene rings is 2. The van der Waals surface area contributed by atoms with Gasteiger partial charge >= 0.3 is 41.3 Å². The molecule has 2 aliphatic rings. The van der Waals surface area contributed by atoms with Crippen LogP contribution >= 0.6 is 0 Å². The fraction of sp³-hybridized carbons (Fsp3) is 0.227. The van der Waals surface area contributed by atoms with Crippen molar-refractivity contribution >= 4 is 3.21 Å². The van der Waals surface area contributed by atoms with Crippen LogP contribution in [0, 0.1) is 6.07 Å². The van der Waals surface area contributed by atoms with E-state index >= 15 is 0 Å². The standard InChI is InChI=1S/C19H15.C3H6.2ClH.Zr/c1-13-10-11-14(12-13)19-17-8-4-2-6-15(17)16-7-3-5-9-18(16)19;1-3-2;;;/h2-8,10,12,19H,11H2,1H3;1-2H3;2*1H;/q-1;;;;+2/p-2. The largest absolute Gasteiger partial charge is 1.00 e. The van der Waals surface area contributed by atoms with Gasteiger partial charge in [0.15, 0.2) is 0 Å². The summed E-state index contributed by atoms with van der Waals surface area (Å²) < 4.78 is 1.51. The van der Waals surface area contributed by atoms with Gasteiger partial charge in [0.05, 0.1) is 0 Å². The molecule has 1 atom stereocenters. The van der Waals surface area contributed by atoms with Crippen LogP contribution in [0.2, 0.25) is 0 Å². The van der Waals surface area contributed by atoms with Crippen LogP contribution in [-0.4, -0.2) is 3.21 Å². The third-order valence-corrected chi connectivity index (χ3v) is 4.18. The van der Waals surface area contributed by atoms with Gasteiger partial charge in [-0.15, -0.1) is 11.1 Å². The Morgan fingerprint density at radius 3 is 2.32 bits per heavy atom. The van der Waals surface area contributed by atoms with E-state index in [0.717, 1.165) is 6.42 Å². The van der Waals surface area contributed by atoms with Gasteiger partial charge in [0.1, 0.15) is 0 Å². The third kappa shape index (κ3) is 4.91. The normalized spacial score (nSPS) is 16.1. The van der Waals surface area contributed by atoms with E-state index in [4.69, 9.17) is 0 Å². The van der Waals surface area contributed by atoms with Gasteiger partial charge in [-0.1, -0.05) is 53.1 Å². The molecule has 0 aromatic heterocycles. The van der Waals surface area contributed by atoms with Gasteiger partial charge in [-0.05, 0) is 18.9 Å². The summed E-state index contributed by atoms with van der Waals surface area (Å²) in [4.78, 5) is 0. The SMILES string of the molecule is CC1=CCC(C2c3[c-]cccc3-c3ccccc32)=C1.C[C](C)=[Zr+2].[Cl-].[Cl-]. The Hall–Kier alpha value is -0.747. The average Bonchev–Trinajstić information content (AvgIpc) is 3.08. The van der Waals surface area contributed by atoms with Crippen LogP contribution in [0.1, 0.15) is 44.2 Å². The molecule has 0 amide bonds. The van der Waals surface area contributed by atoms with Gasteiger partial charge in [-0.2, -0.15) is 24.3 Å². The number of hydrogen-bond donors (Lipinski definition) is 0. The Morgan fingerprint density at radius 2 is 1.68 bits per heavy atom. The summed E-state index contributed by atoms with van der Waals surface area (Å²) >= 11 is 1.55. The summed E-state index contributed by atoms with van der Waals surface area (Å²) in [5, 5.41) is 0. The molecule has 0 saturated carbocycles. The first-order valence-electron chi connectivity index (χ1n) is 8.07. The molecule has 0 saturated heterocycles. The molecule has 0 spiro atoms. The zero-order valence-corrected chi connectivity index (χ0v) is 18.7. The molecule has 0 aliphatic heterocycles. The Balaban J connectivity index is 0.000000476. The van der Waals surface area contributed by atoms with E-state index in [0.29, 0.717) is 5.92 Å². The molecule has 2 aliphatic carbocycles. The molecule has 2 aromatic rings. The van der Waals surface area contributed by atoms with Crippen molar-refractivity contribution in [2.75, 3.05) is 0 Å². The molecular weight excluding hydrogens is 426 g/mol. The summed E-state index contributed by atoms with van der Waals surface area (Å²) in [6.45, 7) is 6.43. The molecule has 25 heavy (non-hydrogen) atoms. The topological polar surface area (TPSA) is 0 Å². The Labute approximate surface area is 178 Å². The molecule has 4 rings (SSSR count). The van der Waals surface area contributed by atoms with E-state index in [-0.39, 0.29) is 24.8 Å². The molecule has 0 heterocycles. The van der Waals surface area contributed by atoms with Crippen molar-refractivity contribution in [1.29, 1.82) is 0 Å². The molecule has 128 valence electrons. The minimum atomic E-state index is 0. The van der Waals surface area contributed by atoms with Crippen LogP contribution in [0.5, 0.6) is 0 Å². The summed E-state index contributed by atoms with van der Waals surface area (Å²) in [7, 11) is 0. The molecule has 2 aromatic carbocycles. The molecule has 0 fully saturated rings. The van der Waals surface area contributed by atoms with Crippen molar-refractivity contribution in [3.05, 3.63) is 83.0 Å². The van der Waals surface area contributed by atoms with E-state index < -0.39 is 0 Å². The summed E-state index contributed by atoms with van der Waals surface area (Å²) in [5.41, 5.74) is 8.41. The van der Waals surface area contributed by atoms with E-state index in [1.807, 2.05) is 6.07 Å². The first-order chi connectivity index (χ1) is 11.1. The summed E-state index contributed by atoms with van der Waals surface area (Å²) in [5.74, 6) is 0.404. The number of halogens is 2. The van der Waals surface area contributed by atoms with Crippen molar-refractivity contribution in [2.45, 2.75) is 33.1 Å². The van der Waals surface area contributed by atoms with Crippen LogP contribution in [0.4, 0.5) is 0 Å². The predicted molar refractivity (Wildman–Crippen MR) is 95.4 cm³/mol. The quantitative estimate of drug-likeness (QED) is 0.524. The van der Waals surface area contributed by atoms with Crippen molar-refractivity contribution in [3.8, 4) is 11.1 Å². The van der Waals surface area contributed by atoms with Gasteiger partial charge in [0, 0.05) is 5.92 Å². The molecule has 0 N–H and O–H groups in total. The van der Waals surface area contributed by atoms with E-state index in [1.165, 1.54) is 36.6 Å². The average molecular weight is 448 g/mol. The molecule has 3 heteroatoms. The first kappa shape index (κ1) is 22.3. The van der Waals surface area contributed by atoms with Gasteiger partial charge in [0.2, 0.25) is 0 Å². The number of fused-ring (bicyclic) bond motifs is 3. The van der Waals surface area contributed by atoms with Crippen molar-refractivity contribution < 1.29 is 49.0 Å². The summed E-state index contributed by atoms with van der Waals surface area (Å²) in [6, 6.07) is 18.6. The minimum absolute atomic E-state index is 0. The molecular formula is C22H21Cl2Zr-. The maximum absolute atomic E-state index is 3.47. The predicted octanol–water partition coefficient (Wildman–Crippen LogP) is -0.371. The molecule has 0 radical (unpaired) electrons. The van der Waals surface area contributed by atoms with Crippen LogP contribution in [0.25, 0.3) is 11.1 Å². The number of allylic oxidation sites excluding steroid dienone is 4. The van der Waals surface area contributed by atoms with E-state index in [2.05, 4.69) is 75.4 Å². The van der Waals surface area contributed by atoms with E-state index in [9.17, 15) is 0 Å². The molecule has 1 unspecified atom stereocenters. The Bertz CT molecular complexity index is 769. The van der Waals surface area contributed by atoms with Gasteiger partial charge in [0.25, 0.3) is 0 Å². The fourth-order valence-corrected chi connectivity index (χ4v) is 3.35. The van der Waals surface area contributed by atoms with Crippen LogP contribution in [-0.2, 0) is 24.2 Å². The van der Waals surface area contributed by atoms with Crippen molar-refractivity contribution in [2.24, 2.45) is 0 Å². The van der Waals surface area contributed by atoms with Gasteiger partial charge < -0.3 is 24.8 Å². The van der Waals surface area contributed by atoms with Crippen molar-refractivity contribution in [1.82, 2.24) is 0 Å². The second kappa shape index (κ2) is 9.81. The molecule has 0 nitrogen and oxygen atoms in total. The van der Waals surface area contributed by atoms with E-state index in [1.54, 1.807) is 24.2 Å². The van der Waals surface area contributed by atoms with Crippen LogP contribution in [0.3, 0.4) is 0 Å². The maximum Gasteiger partial charge on any atom is -1.00 e. The Kier molecular flexibility index (Phi) is 8.75. The second-order valence-electron chi connectivity index (χ2n) is 6.39. The van der Waals surface area contributed by atoms with Crippen LogP contribution < -0.4 is 24.8 Å². The summed E-state index contributed by atoms with van der Waals surface area (Å²) in [6.07, 6.45) is 5.74. The monoisotopic (exact) mass is 445 g/mol.